The van der Waals surface area contributed by atoms with Crippen molar-refractivity contribution in [1.82, 2.24) is 5.32 Å². The lowest BCUT2D eigenvalue weighted by atomic mass is 10.0. The van der Waals surface area contributed by atoms with E-state index in [1.54, 1.807) is 0 Å². The minimum absolute atomic E-state index is 0.0551. The molecule has 2 nitrogen and oxygen atoms in total. The van der Waals surface area contributed by atoms with Gasteiger partial charge in [-0.25, -0.2) is 0 Å². The Morgan fingerprint density at radius 2 is 1.70 bits per heavy atom. The fraction of sp³-hybridized carbons (Fsp3) is 0.294. The first-order chi connectivity index (χ1) is 9.70. The Kier molecular flexibility index (Phi) is 5.77. The number of hydrogen-bond acceptors (Lipinski definition) is 2. The maximum atomic E-state index is 9.58. The number of rotatable bonds is 6. The molecule has 0 aliphatic rings. The SMILES string of the molecule is CC(N[C@@H](CO)Cc1ccccc1)c1ccccc1Br. The van der Waals surface area contributed by atoms with E-state index in [1.165, 1.54) is 11.1 Å². The molecule has 0 bridgehead atoms. The maximum absolute atomic E-state index is 9.58. The fourth-order valence-electron chi connectivity index (χ4n) is 2.34. The molecule has 3 heteroatoms. The van der Waals surface area contributed by atoms with Crippen molar-refractivity contribution in [3.05, 3.63) is 70.2 Å². The zero-order valence-electron chi connectivity index (χ0n) is 11.6. The molecule has 2 N–H and O–H groups in total. The monoisotopic (exact) mass is 333 g/mol. The van der Waals surface area contributed by atoms with Crippen molar-refractivity contribution in [2.75, 3.05) is 6.61 Å². The summed E-state index contributed by atoms with van der Waals surface area (Å²) in [6, 6.07) is 18.7. The van der Waals surface area contributed by atoms with Crippen LogP contribution in [0.5, 0.6) is 0 Å². The van der Waals surface area contributed by atoms with Gasteiger partial charge in [0.1, 0.15) is 0 Å². The van der Waals surface area contributed by atoms with Gasteiger partial charge in [-0.1, -0.05) is 64.5 Å². The number of halogens is 1. The van der Waals surface area contributed by atoms with Crippen molar-refractivity contribution in [2.24, 2.45) is 0 Å². The standard InChI is InChI=1S/C17H20BrNO/c1-13(16-9-5-6-10-17(16)18)19-15(12-20)11-14-7-3-2-4-8-14/h2-10,13,15,19-20H,11-12H2,1H3/t13?,15-/m1/s1. The Hall–Kier alpha value is -1.16. The molecule has 20 heavy (non-hydrogen) atoms. The summed E-state index contributed by atoms with van der Waals surface area (Å²) < 4.78 is 1.09. The molecule has 0 saturated heterocycles. The van der Waals surface area contributed by atoms with Gasteiger partial charge in [-0.05, 0) is 30.5 Å². The van der Waals surface area contributed by atoms with Gasteiger partial charge < -0.3 is 10.4 Å². The minimum atomic E-state index is 0.0551. The van der Waals surface area contributed by atoms with Gasteiger partial charge >= 0.3 is 0 Å². The van der Waals surface area contributed by atoms with Crippen molar-refractivity contribution < 1.29 is 5.11 Å². The zero-order valence-corrected chi connectivity index (χ0v) is 13.2. The molecule has 2 aromatic rings. The summed E-state index contributed by atoms with van der Waals surface area (Å²) in [5.41, 5.74) is 2.44. The van der Waals surface area contributed by atoms with Crippen LogP contribution in [0.3, 0.4) is 0 Å². The van der Waals surface area contributed by atoms with E-state index in [2.05, 4.69) is 46.4 Å². The molecule has 0 saturated carbocycles. The first kappa shape index (κ1) is 15.2. The molecule has 2 aromatic carbocycles. The molecule has 2 atom stereocenters. The van der Waals surface area contributed by atoms with E-state index in [1.807, 2.05) is 36.4 Å². The Morgan fingerprint density at radius 1 is 1.05 bits per heavy atom. The van der Waals surface area contributed by atoms with Gasteiger partial charge in [0.2, 0.25) is 0 Å². The summed E-state index contributed by atoms with van der Waals surface area (Å²) in [6.07, 6.45) is 0.826. The predicted molar refractivity (Wildman–Crippen MR) is 86.7 cm³/mol. The predicted octanol–water partition coefficient (Wildman–Crippen LogP) is 3.70. The van der Waals surface area contributed by atoms with E-state index in [9.17, 15) is 5.11 Å². The number of nitrogens with one attached hydrogen (secondary N) is 1. The van der Waals surface area contributed by atoms with E-state index in [4.69, 9.17) is 0 Å². The molecule has 0 heterocycles. The molecule has 0 amide bonds. The van der Waals surface area contributed by atoms with Gasteiger partial charge in [0.15, 0.2) is 0 Å². The summed E-state index contributed by atoms with van der Waals surface area (Å²) in [7, 11) is 0. The summed E-state index contributed by atoms with van der Waals surface area (Å²) in [4.78, 5) is 0. The van der Waals surface area contributed by atoms with Gasteiger partial charge in [0, 0.05) is 16.6 Å². The Balaban J connectivity index is 2.01. The van der Waals surface area contributed by atoms with Crippen LogP contribution in [0, 0.1) is 0 Å². The average molecular weight is 334 g/mol. The van der Waals surface area contributed by atoms with Crippen molar-refractivity contribution in [1.29, 1.82) is 0 Å². The highest BCUT2D eigenvalue weighted by atomic mass is 79.9. The van der Waals surface area contributed by atoms with Crippen LogP contribution < -0.4 is 5.32 Å². The Morgan fingerprint density at radius 3 is 2.35 bits per heavy atom. The van der Waals surface area contributed by atoms with Crippen LogP contribution in [-0.4, -0.2) is 17.8 Å². The van der Waals surface area contributed by atoms with Crippen LogP contribution in [-0.2, 0) is 6.42 Å². The lowest BCUT2D eigenvalue weighted by Gasteiger charge is -2.23. The van der Waals surface area contributed by atoms with Crippen molar-refractivity contribution in [3.8, 4) is 0 Å². The average Bonchev–Trinajstić information content (AvgIpc) is 2.48. The third-order valence-electron chi connectivity index (χ3n) is 3.40. The highest BCUT2D eigenvalue weighted by Gasteiger charge is 2.14. The van der Waals surface area contributed by atoms with Crippen LogP contribution in [0.15, 0.2) is 59.1 Å². The molecule has 2 rings (SSSR count). The van der Waals surface area contributed by atoms with Gasteiger partial charge in [0.05, 0.1) is 6.61 Å². The van der Waals surface area contributed by atoms with Crippen molar-refractivity contribution in [3.63, 3.8) is 0 Å². The number of benzene rings is 2. The topological polar surface area (TPSA) is 32.3 Å². The highest BCUT2D eigenvalue weighted by Crippen LogP contribution is 2.23. The second-order valence-corrected chi connectivity index (χ2v) is 5.83. The van der Waals surface area contributed by atoms with Gasteiger partial charge in [-0.15, -0.1) is 0 Å². The normalized spacial score (nSPS) is 13.9. The number of hydrogen-bond donors (Lipinski definition) is 2. The van der Waals surface area contributed by atoms with E-state index in [-0.39, 0.29) is 18.7 Å². The summed E-state index contributed by atoms with van der Waals surface area (Å²) in [5, 5.41) is 13.1. The van der Waals surface area contributed by atoms with Crippen LogP contribution in [0.4, 0.5) is 0 Å². The molecule has 0 radical (unpaired) electrons. The third kappa shape index (κ3) is 4.17. The van der Waals surface area contributed by atoms with Gasteiger partial charge in [-0.3, -0.25) is 0 Å². The highest BCUT2D eigenvalue weighted by molar-refractivity contribution is 9.10. The molecular weight excluding hydrogens is 314 g/mol. The quantitative estimate of drug-likeness (QED) is 0.844. The lowest BCUT2D eigenvalue weighted by molar-refractivity contribution is 0.232. The molecule has 0 spiro atoms. The van der Waals surface area contributed by atoms with Crippen LogP contribution >= 0.6 is 15.9 Å². The second-order valence-electron chi connectivity index (χ2n) is 4.98. The summed E-state index contributed by atoms with van der Waals surface area (Å²) in [5.74, 6) is 0. The van der Waals surface area contributed by atoms with Crippen LogP contribution in [0.25, 0.3) is 0 Å². The van der Waals surface area contributed by atoms with E-state index in [0.717, 1.165) is 10.9 Å². The number of aliphatic hydroxyl groups is 1. The summed E-state index contributed by atoms with van der Waals surface area (Å²) in [6.45, 7) is 2.25. The molecule has 0 aliphatic carbocycles. The van der Waals surface area contributed by atoms with Crippen LogP contribution in [0.2, 0.25) is 0 Å². The molecule has 0 aliphatic heterocycles. The Bertz CT molecular complexity index is 530. The van der Waals surface area contributed by atoms with Gasteiger partial charge in [-0.2, -0.15) is 0 Å². The molecular formula is C17H20BrNO. The Labute approximate surface area is 129 Å². The molecule has 1 unspecified atom stereocenters. The molecule has 106 valence electrons. The summed E-state index contributed by atoms with van der Waals surface area (Å²) >= 11 is 3.57. The van der Waals surface area contributed by atoms with Crippen LogP contribution in [0.1, 0.15) is 24.1 Å². The first-order valence-corrected chi connectivity index (χ1v) is 7.65. The smallest absolute Gasteiger partial charge is 0.0588 e. The molecule has 0 aromatic heterocycles. The maximum Gasteiger partial charge on any atom is 0.0588 e. The van der Waals surface area contributed by atoms with Crippen molar-refractivity contribution >= 4 is 15.9 Å². The van der Waals surface area contributed by atoms with E-state index in [0.29, 0.717) is 0 Å². The molecule has 0 fully saturated rings. The van der Waals surface area contributed by atoms with Gasteiger partial charge in [0.25, 0.3) is 0 Å². The second kappa shape index (κ2) is 7.58. The lowest BCUT2D eigenvalue weighted by Crippen LogP contribution is -2.36. The zero-order chi connectivity index (χ0) is 14.4. The van der Waals surface area contributed by atoms with E-state index < -0.39 is 0 Å². The largest absolute Gasteiger partial charge is 0.395 e. The van der Waals surface area contributed by atoms with E-state index >= 15 is 0 Å². The minimum Gasteiger partial charge on any atom is -0.395 e. The fourth-order valence-corrected chi connectivity index (χ4v) is 2.97. The van der Waals surface area contributed by atoms with Crippen molar-refractivity contribution in [2.45, 2.75) is 25.4 Å². The third-order valence-corrected chi connectivity index (χ3v) is 4.12. The first-order valence-electron chi connectivity index (χ1n) is 6.86. The number of aliphatic hydroxyl groups excluding tert-OH is 1.